The van der Waals surface area contributed by atoms with Gasteiger partial charge in [-0.15, -0.1) is 10.2 Å². The molecular formula is C14H16N4O4S. The molecule has 0 aliphatic carbocycles. The zero-order valence-electron chi connectivity index (χ0n) is 12.6. The fourth-order valence-corrected chi connectivity index (χ4v) is 2.49. The van der Waals surface area contributed by atoms with Crippen LogP contribution in [-0.4, -0.2) is 44.6 Å². The van der Waals surface area contributed by atoms with E-state index in [2.05, 4.69) is 15.5 Å². The smallest absolute Gasteiger partial charge is 0.313 e. The Bertz CT molecular complexity index is 717. The van der Waals surface area contributed by atoms with E-state index in [4.69, 9.17) is 9.84 Å². The number of hydrogen-bond acceptors (Lipinski definition) is 6. The molecule has 0 saturated carbocycles. The molecule has 0 spiro atoms. The predicted octanol–water partition coefficient (Wildman–Crippen LogP) is 1.18. The molecule has 1 aromatic carbocycles. The second-order valence-corrected chi connectivity index (χ2v) is 5.51. The van der Waals surface area contributed by atoms with Crippen LogP contribution in [0, 0.1) is 0 Å². The summed E-state index contributed by atoms with van der Waals surface area (Å²) in [6, 6.07) is 7.09. The Morgan fingerprint density at radius 2 is 2.09 bits per heavy atom. The van der Waals surface area contributed by atoms with Gasteiger partial charge in [0.25, 0.3) is 0 Å². The number of carbonyl (C=O) groups is 2. The van der Waals surface area contributed by atoms with Crippen molar-refractivity contribution in [3.8, 4) is 5.75 Å². The summed E-state index contributed by atoms with van der Waals surface area (Å²) in [4.78, 5) is 22.7. The number of nitrogens with zero attached hydrogens (tertiary/aromatic N) is 3. The highest BCUT2D eigenvalue weighted by Crippen LogP contribution is 2.23. The van der Waals surface area contributed by atoms with Crippen molar-refractivity contribution in [1.29, 1.82) is 0 Å². The van der Waals surface area contributed by atoms with Gasteiger partial charge in [0, 0.05) is 7.05 Å². The normalized spacial score (nSPS) is 10.3. The summed E-state index contributed by atoms with van der Waals surface area (Å²) in [5, 5.41) is 19.7. The lowest BCUT2D eigenvalue weighted by atomic mass is 10.2. The Labute approximate surface area is 136 Å². The monoisotopic (exact) mass is 336 g/mol. The van der Waals surface area contributed by atoms with Crippen LogP contribution in [0.25, 0.3) is 0 Å². The third kappa shape index (κ3) is 4.46. The SMILES string of the molecule is COc1ccccc1NC(=O)Cc1nnc(SCC(=O)O)n1C. The Hall–Kier alpha value is -2.55. The van der Waals surface area contributed by atoms with E-state index < -0.39 is 5.97 Å². The summed E-state index contributed by atoms with van der Waals surface area (Å²) in [7, 11) is 3.22. The number of carboxylic acids is 1. The zero-order valence-corrected chi connectivity index (χ0v) is 13.5. The van der Waals surface area contributed by atoms with Gasteiger partial charge < -0.3 is 19.7 Å². The van der Waals surface area contributed by atoms with E-state index in [9.17, 15) is 9.59 Å². The number of carbonyl (C=O) groups excluding carboxylic acids is 1. The van der Waals surface area contributed by atoms with Gasteiger partial charge in [-0.1, -0.05) is 23.9 Å². The minimum atomic E-state index is -0.937. The van der Waals surface area contributed by atoms with Gasteiger partial charge in [0.15, 0.2) is 5.16 Å². The molecule has 2 rings (SSSR count). The lowest BCUT2D eigenvalue weighted by Gasteiger charge is -2.09. The number of para-hydroxylation sites is 2. The van der Waals surface area contributed by atoms with Gasteiger partial charge in [0.05, 0.1) is 25.0 Å². The molecule has 1 amide bonds. The first-order chi connectivity index (χ1) is 11.0. The maximum Gasteiger partial charge on any atom is 0.313 e. The van der Waals surface area contributed by atoms with Crippen molar-refractivity contribution in [3.05, 3.63) is 30.1 Å². The minimum Gasteiger partial charge on any atom is -0.495 e. The molecule has 0 aliphatic rings. The molecule has 8 nitrogen and oxygen atoms in total. The highest BCUT2D eigenvalue weighted by atomic mass is 32.2. The highest BCUT2D eigenvalue weighted by molar-refractivity contribution is 7.99. The molecule has 0 unspecified atom stereocenters. The maximum atomic E-state index is 12.1. The van der Waals surface area contributed by atoms with Gasteiger partial charge in [0.2, 0.25) is 5.91 Å². The largest absolute Gasteiger partial charge is 0.495 e. The van der Waals surface area contributed by atoms with Crippen LogP contribution in [-0.2, 0) is 23.1 Å². The summed E-state index contributed by atoms with van der Waals surface area (Å²) >= 11 is 1.05. The summed E-state index contributed by atoms with van der Waals surface area (Å²) in [5.74, 6) is -0.297. The lowest BCUT2D eigenvalue weighted by Crippen LogP contribution is -2.17. The number of amides is 1. The number of aromatic nitrogens is 3. The van der Waals surface area contributed by atoms with Crippen LogP contribution >= 0.6 is 11.8 Å². The van der Waals surface area contributed by atoms with E-state index in [1.165, 1.54) is 7.11 Å². The molecular weight excluding hydrogens is 320 g/mol. The van der Waals surface area contributed by atoms with E-state index in [-0.39, 0.29) is 18.1 Å². The topological polar surface area (TPSA) is 106 Å². The Morgan fingerprint density at radius 1 is 1.35 bits per heavy atom. The van der Waals surface area contributed by atoms with Crippen LogP contribution < -0.4 is 10.1 Å². The van der Waals surface area contributed by atoms with Crippen molar-refractivity contribution in [2.75, 3.05) is 18.2 Å². The van der Waals surface area contributed by atoms with Gasteiger partial charge in [-0.05, 0) is 12.1 Å². The summed E-state index contributed by atoms with van der Waals surface area (Å²) < 4.78 is 6.78. The first-order valence-corrected chi connectivity index (χ1v) is 7.65. The molecule has 0 atom stereocenters. The number of methoxy groups -OCH3 is 1. The maximum absolute atomic E-state index is 12.1. The molecule has 9 heteroatoms. The molecule has 0 bridgehead atoms. The molecule has 1 heterocycles. The van der Waals surface area contributed by atoms with Gasteiger partial charge in [-0.25, -0.2) is 0 Å². The first-order valence-electron chi connectivity index (χ1n) is 6.67. The number of aliphatic carboxylic acids is 1. The fraction of sp³-hybridized carbons (Fsp3) is 0.286. The number of anilines is 1. The Morgan fingerprint density at radius 3 is 2.78 bits per heavy atom. The number of carboxylic acid groups (broad SMARTS) is 1. The van der Waals surface area contributed by atoms with Crippen molar-refractivity contribution in [2.45, 2.75) is 11.6 Å². The van der Waals surface area contributed by atoms with Crippen LogP contribution in [0.15, 0.2) is 29.4 Å². The van der Waals surface area contributed by atoms with Gasteiger partial charge in [-0.3, -0.25) is 9.59 Å². The molecule has 0 saturated heterocycles. The summed E-state index contributed by atoms with van der Waals surface area (Å²) in [5.41, 5.74) is 0.572. The molecule has 122 valence electrons. The number of thioether (sulfide) groups is 1. The molecule has 2 N–H and O–H groups in total. The zero-order chi connectivity index (χ0) is 16.8. The van der Waals surface area contributed by atoms with Crippen molar-refractivity contribution in [2.24, 2.45) is 7.05 Å². The number of benzene rings is 1. The second-order valence-electron chi connectivity index (χ2n) is 4.57. The number of hydrogen-bond donors (Lipinski definition) is 2. The van der Waals surface area contributed by atoms with E-state index >= 15 is 0 Å². The average Bonchev–Trinajstić information content (AvgIpc) is 2.86. The van der Waals surface area contributed by atoms with Crippen LogP contribution in [0.3, 0.4) is 0 Å². The molecule has 23 heavy (non-hydrogen) atoms. The second kappa shape index (κ2) is 7.63. The van der Waals surface area contributed by atoms with Crippen molar-refractivity contribution < 1.29 is 19.4 Å². The van der Waals surface area contributed by atoms with E-state index in [1.54, 1.807) is 29.8 Å². The van der Waals surface area contributed by atoms with Gasteiger partial charge in [-0.2, -0.15) is 0 Å². The first kappa shape index (κ1) is 16.8. The third-order valence-electron chi connectivity index (χ3n) is 2.95. The standard InChI is InChI=1S/C14H16N4O4S/c1-18-11(16-17-14(18)23-8-13(20)21)7-12(19)15-9-5-3-4-6-10(9)22-2/h3-6H,7-8H2,1-2H3,(H,15,19)(H,20,21). The average molecular weight is 336 g/mol. The minimum absolute atomic E-state index is 0.0230. The molecule has 2 aromatic rings. The van der Waals surface area contributed by atoms with Crippen molar-refractivity contribution in [3.63, 3.8) is 0 Å². The van der Waals surface area contributed by atoms with E-state index in [0.717, 1.165) is 11.8 Å². The lowest BCUT2D eigenvalue weighted by molar-refractivity contribution is -0.133. The number of ether oxygens (including phenoxy) is 1. The quantitative estimate of drug-likeness (QED) is 0.731. The van der Waals surface area contributed by atoms with E-state index in [0.29, 0.717) is 22.4 Å². The van der Waals surface area contributed by atoms with Crippen molar-refractivity contribution >= 4 is 29.3 Å². The van der Waals surface area contributed by atoms with E-state index in [1.807, 2.05) is 6.07 Å². The fourth-order valence-electron chi connectivity index (χ4n) is 1.84. The van der Waals surface area contributed by atoms with Crippen LogP contribution in [0.1, 0.15) is 5.82 Å². The summed E-state index contributed by atoms with van der Waals surface area (Å²) in [6.45, 7) is 0. The van der Waals surface area contributed by atoms with Crippen LogP contribution in [0.4, 0.5) is 5.69 Å². The molecule has 0 radical (unpaired) electrons. The van der Waals surface area contributed by atoms with Crippen LogP contribution in [0.5, 0.6) is 5.75 Å². The van der Waals surface area contributed by atoms with Gasteiger partial charge in [0.1, 0.15) is 11.6 Å². The molecule has 1 aromatic heterocycles. The Kier molecular flexibility index (Phi) is 5.58. The van der Waals surface area contributed by atoms with Crippen LogP contribution in [0.2, 0.25) is 0 Å². The third-order valence-corrected chi connectivity index (χ3v) is 3.95. The number of rotatable bonds is 7. The molecule has 0 fully saturated rings. The van der Waals surface area contributed by atoms with Gasteiger partial charge >= 0.3 is 5.97 Å². The summed E-state index contributed by atoms with van der Waals surface area (Å²) in [6.07, 6.45) is 0.0230. The number of nitrogens with one attached hydrogen (secondary N) is 1. The highest BCUT2D eigenvalue weighted by Gasteiger charge is 2.15. The Balaban J connectivity index is 2.02. The molecule has 0 aliphatic heterocycles. The predicted molar refractivity (Wildman–Crippen MR) is 84.7 cm³/mol. The van der Waals surface area contributed by atoms with Crippen molar-refractivity contribution in [1.82, 2.24) is 14.8 Å².